The normalized spacial score (nSPS) is 13.2. The lowest BCUT2D eigenvalue weighted by Crippen LogP contribution is -2.30. The Hall–Kier alpha value is -4.71. The highest BCUT2D eigenvalue weighted by molar-refractivity contribution is 5.71. The van der Waals surface area contributed by atoms with Gasteiger partial charge >= 0.3 is 17.9 Å². The van der Waals surface area contributed by atoms with Gasteiger partial charge in [0.05, 0.1) is 0 Å². The summed E-state index contributed by atoms with van der Waals surface area (Å²) in [5.74, 6) is -1.09. The van der Waals surface area contributed by atoms with Crippen molar-refractivity contribution in [3.8, 4) is 0 Å². The van der Waals surface area contributed by atoms with E-state index in [1.54, 1.807) is 0 Å². The van der Waals surface area contributed by atoms with Crippen LogP contribution in [0.25, 0.3) is 0 Å². The van der Waals surface area contributed by atoms with E-state index in [2.05, 4.69) is 154 Å². The summed E-state index contributed by atoms with van der Waals surface area (Å²) < 4.78 is 16.7. The zero-order chi connectivity index (χ0) is 51.4. The molecule has 398 valence electrons. The third-order valence-electron chi connectivity index (χ3n) is 11.3. The Balaban J connectivity index is 4.63. The zero-order valence-electron chi connectivity index (χ0n) is 45.4. The van der Waals surface area contributed by atoms with E-state index in [1.807, 2.05) is 12.2 Å². The number of carbonyl (C=O) groups excluding carboxylic acids is 3. The molecular weight excluding hydrogens is 877 g/mol. The van der Waals surface area contributed by atoms with Gasteiger partial charge in [-0.3, -0.25) is 14.4 Å². The van der Waals surface area contributed by atoms with Crippen LogP contribution < -0.4 is 0 Å². The zero-order valence-corrected chi connectivity index (χ0v) is 45.4. The Bertz CT molecular complexity index is 1590. The van der Waals surface area contributed by atoms with Crippen molar-refractivity contribution in [3.05, 3.63) is 146 Å². The molecule has 0 unspecified atom stereocenters. The second kappa shape index (κ2) is 57.9. The van der Waals surface area contributed by atoms with Gasteiger partial charge in [-0.15, -0.1) is 0 Å². The van der Waals surface area contributed by atoms with Crippen molar-refractivity contribution >= 4 is 17.9 Å². The topological polar surface area (TPSA) is 78.9 Å². The van der Waals surface area contributed by atoms with Gasteiger partial charge in [-0.1, -0.05) is 224 Å². The lowest BCUT2D eigenvalue weighted by molar-refractivity contribution is -0.166. The number of esters is 3. The molecule has 71 heavy (non-hydrogen) atoms. The van der Waals surface area contributed by atoms with Crippen molar-refractivity contribution < 1.29 is 28.6 Å². The Morgan fingerprint density at radius 2 is 0.592 bits per heavy atom. The average Bonchev–Trinajstić information content (AvgIpc) is 3.37. The molecule has 1 atom stereocenters. The molecule has 0 aliphatic heterocycles. The van der Waals surface area contributed by atoms with Crippen molar-refractivity contribution in [2.45, 2.75) is 232 Å². The maximum atomic E-state index is 12.8. The van der Waals surface area contributed by atoms with Gasteiger partial charge in [-0.05, 0) is 128 Å². The predicted molar refractivity (Wildman–Crippen MR) is 306 cm³/mol. The quantitative estimate of drug-likeness (QED) is 0.0262. The number of ether oxygens (including phenoxy) is 3. The van der Waals surface area contributed by atoms with E-state index in [-0.39, 0.29) is 38.0 Å². The number of hydrogen-bond acceptors (Lipinski definition) is 6. The van der Waals surface area contributed by atoms with Crippen LogP contribution >= 0.6 is 0 Å². The Morgan fingerprint density at radius 1 is 0.296 bits per heavy atom. The summed E-state index contributed by atoms with van der Waals surface area (Å²) in [5.41, 5.74) is 0. The minimum Gasteiger partial charge on any atom is -0.462 e. The lowest BCUT2D eigenvalue weighted by Gasteiger charge is -2.18. The fraction of sp³-hybridized carbons (Fsp3) is 0.585. The summed E-state index contributed by atoms with van der Waals surface area (Å²) in [6.07, 6.45) is 82.8. The maximum Gasteiger partial charge on any atom is 0.306 e. The molecule has 0 N–H and O–H groups in total. The molecule has 0 bridgehead atoms. The first-order valence-corrected chi connectivity index (χ1v) is 28.3. The monoisotopic (exact) mass is 979 g/mol. The third kappa shape index (κ3) is 56.1. The summed E-state index contributed by atoms with van der Waals surface area (Å²) in [6.45, 7) is 6.34. The molecular formula is C65H102O6. The van der Waals surface area contributed by atoms with E-state index in [9.17, 15) is 14.4 Å². The van der Waals surface area contributed by atoms with E-state index >= 15 is 0 Å². The summed E-state index contributed by atoms with van der Waals surface area (Å²) in [7, 11) is 0. The molecule has 6 heteroatoms. The molecule has 0 radical (unpaired) electrons. The van der Waals surface area contributed by atoms with Crippen LogP contribution in [0, 0.1) is 0 Å². The van der Waals surface area contributed by atoms with E-state index < -0.39 is 12.1 Å². The third-order valence-corrected chi connectivity index (χ3v) is 11.3. The number of unbranched alkanes of at least 4 members (excludes halogenated alkanes) is 14. The molecule has 0 amide bonds. The van der Waals surface area contributed by atoms with Gasteiger partial charge in [-0.25, -0.2) is 0 Å². The number of rotatable bonds is 49. The molecule has 0 saturated heterocycles. The van der Waals surface area contributed by atoms with Gasteiger partial charge in [0.25, 0.3) is 0 Å². The fourth-order valence-corrected chi connectivity index (χ4v) is 7.08. The molecule has 0 fully saturated rings. The molecule has 0 aromatic heterocycles. The highest BCUT2D eigenvalue weighted by Crippen LogP contribution is 2.12. The smallest absolute Gasteiger partial charge is 0.306 e. The predicted octanol–water partition coefficient (Wildman–Crippen LogP) is 19.2. The summed E-state index contributed by atoms with van der Waals surface area (Å²) in [6, 6.07) is 0. The van der Waals surface area contributed by atoms with Crippen molar-refractivity contribution in [1.29, 1.82) is 0 Å². The minimum absolute atomic E-state index is 0.135. The van der Waals surface area contributed by atoms with E-state index in [0.717, 1.165) is 96.3 Å². The standard InChI is InChI=1S/C65H102O6/c1-4-7-10-13-16-19-22-25-28-31-32-35-38-41-44-47-50-53-56-59-65(68)71-62(60-69-63(66)57-54-51-48-45-42-39-36-33-29-26-23-20-17-14-11-8-5-2)61-70-64(67)58-55-52-49-46-43-40-37-34-30-27-24-21-18-15-12-9-6-3/h8,11,16-21,25-30,32,35-36,39,41,44-45,48,50,53,62H,4-7,9-10,12-15,22-24,31,33-34,37-38,40,42-43,46-47,49,51-52,54-61H2,1-3H3/b11-8-,19-16-,20-17-,21-18-,28-25-,29-26-,30-27-,35-32-,39-36-,44-41-,48-45-,53-50-/t62-/m1/s1. The Labute approximate surface area is 436 Å². The largest absolute Gasteiger partial charge is 0.462 e. The Kier molecular flexibility index (Phi) is 54.0. The first-order valence-electron chi connectivity index (χ1n) is 28.3. The first-order chi connectivity index (χ1) is 35.0. The summed E-state index contributed by atoms with van der Waals surface area (Å²) in [5, 5.41) is 0. The van der Waals surface area contributed by atoms with Crippen LogP contribution in [-0.4, -0.2) is 37.2 Å². The molecule has 0 aromatic rings. The molecule has 0 aliphatic rings. The highest BCUT2D eigenvalue weighted by Gasteiger charge is 2.19. The van der Waals surface area contributed by atoms with Crippen LogP contribution in [0.4, 0.5) is 0 Å². The van der Waals surface area contributed by atoms with Crippen LogP contribution in [0.15, 0.2) is 146 Å². The van der Waals surface area contributed by atoms with E-state index in [0.29, 0.717) is 19.3 Å². The molecule has 0 aromatic carbocycles. The van der Waals surface area contributed by atoms with Crippen LogP contribution in [0.5, 0.6) is 0 Å². The van der Waals surface area contributed by atoms with Crippen molar-refractivity contribution in [1.82, 2.24) is 0 Å². The van der Waals surface area contributed by atoms with Gasteiger partial charge in [0.15, 0.2) is 6.10 Å². The van der Waals surface area contributed by atoms with Crippen LogP contribution in [0.1, 0.15) is 226 Å². The molecule has 0 saturated carbocycles. The fourth-order valence-electron chi connectivity index (χ4n) is 7.08. The minimum atomic E-state index is -0.851. The van der Waals surface area contributed by atoms with Gasteiger partial charge in [0.1, 0.15) is 13.2 Å². The number of hydrogen-bond donors (Lipinski definition) is 0. The SMILES string of the molecule is CC/C=C\C/C=C\C/C=C\C/C=C\C/C=C\CCCC(=O)OC[C@H](COC(=O)CCCCCCCCC/C=C\C/C=C\CCCCC)OC(=O)CC/C=C\C/C=C\C/C=C\C/C=C\C/C=C\CCCCC. The van der Waals surface area contributed by atoms with Gasteiger partial charge < -0.3 is 14.2 Å². The number of allylic oxidation sites excluding steroid dienone is 24. The Morgan fingerprint density at radius 3 is 0.972 bits per heavy atom. The van der Waals surface area contributed by atoms with Crippen LogP contribution in [-0.2, 0) is 28.6 Å². The molecule has 6 nitrogen and oxygen atoms in total. The van der Waals surface area contributed by atoms with Crippen molar-refractivity contribution in [2.24, 2.45) is 0 Å². The molecule has 0 spiro atoms. The lowest BCUT2D eigenvalue weighted by atomic mass is 10.1. The molecule has 0 rings (SSSR count). The van der Waals surface area contributed by atoms with Crippen LogP contribution in [0.3, 0.4) is 0 Å². The summed E-state index contributed by atoms with van der Waals surface area (Å²) in [4.78, 5) is 38.1. The van der Waals surface area contributed by atoms with Gasteiger partial charge in [0, 0.05) is 19.3 Å². The highest BCUT2D eigenvalue weighted by atomic mass is 16.6. The van der Waals surface area contributed by atoms with Gasteiger partial charge in [-0.2, -0.15) is 0 Å². The summed E-state index contributed by atoms with van der Waals surface area (Å²) >= 11 is 0. The second-order valence-corrected chi connectivity index (χ2v) is 18.1. The second-order valence-electron chi connectivity index (χ2n) is 18.1. The molecule has 0 heterocycles. The first kappa shape index (κ1) is 66.3. The van der Waals surface area contributed by atoms with Crippen LogP contribution in [0.2, 0.25) is 0 Å². The van der Waals surface area contributed by atoms with Crippen molar-refractivity contribution in [2.75, 3.05) is 13.2 Å². The van der Waals surface area contributed by atoms with Gasteiger partial charge in [0.2, 0.25) is 0 Å². The van der Waals surface area contributed by atoms with E-state index in [1.165, 1.54) is 77.0 Å². The molecule has 0 aliphatic carbocycles. The average molecular weight is 980 g/mol. The van der Waals surface area contributed by atoms with Crippen molar-refractivity contribution in [3.63, 3.8) is 0 Å². The number of carbonyl (C=O) groups is 3. The van der Waals surface area contributed by atoms with E-state index in [4.69, 9.17) is 14.2 Å². The maximum absolute atomic E-state index is 12.8.